The van der Waals surface area contributed by atoms with Crippen LogP contribution in [0.15, 0.2) is 66.7 Å². The van der Waals surface area contributed by atoms with E-state index in [1.54, 1.807) is 12.2 Å². The van der Waals surface area contributed by atoms with Crippen LogP contribution >= 0.6 is 0 Å². The Morgan fingerprint density at radius 3 is 2.24 bits per heavy atom. The molecule has 2 bridgehead atoms. The number of carboxylic acids is 1. The van der Waals surface area contributed by atoms with E-state index < -0.39 is 30.0 Å². The summed E-state index contributed by atoms with van der Waals surface area (Å²) < 4.78 is 5.58. The first-order chi connectivity index (χ1) is 12.1. The third kappa shape index (κ3) is 2.72. The minimum atomic E-state index is -1.01. The van der Waals surface area contributed by atoms with E-state index in [1.165, 1.54) is 0 Å². The number of carboxylic acid groups (broad SMARTS) is 1. The molecule has 2 aromatic carbocycles. The van der Waals surface area contributed by atoms with Gasteiger partial charge in [-0.05, 0) is 11.6 Å². The Labute approximate surface area is 144 Å². The molecule has 0 aromatic heterocycles. The van der Waals surface area contributed by atoms with Gasteiger partial charge in [-0.25, -0.2) is 0 Å². The number of para-hydroxylation sites is 1. The van der Waals surface area contributed by atoms with Gasteiger partial charge in [-0.15, -0.1) is 0 Å². The molecule has 1 amide bonds. The lowest BCUT2D eigenvalue weighted by molar-refractivity contribution is -0.145. The fraction of sp³-hybridized carbons (Fsp3) is 0.200. The monoisotopic (exact) mass is 335 g/mol. The number of carbonyl (C=O) groups is 2. The van der Waals surface area contributed by atoms with Gasteiger partial charge in [0.05, 0.1) is 18.1 Å². The molecule has 25 heavy (non-hydrogen) atoms. The molecule has 0 aliphatic carbocycles. The molecule has 126 valence electrons. The van der Waals surface area contributed by atoms with E-state index in [9.17, 15) is 14.7 Å². The molecule has 1 saturated heterocycles. The Balaban J connectivity index is 1.62. The Kier molecular flexibility index (Phi) is 3.86. The van der Waals surface area contributed by atoms with Crippen molar-refractivity contribution in [3.63, 3.8) is 0 Å². The first-order valence-corrected chi connectivity index (χ1v) is 8.17. The molecule has 1 fully saturated rings. The van der Waals surface area contributed by atoms with Crippen LogP contribution in [-0.4, -0.2) is 29.2 Å². The number of amides is 1. The van der Waals surface area contributed by atoms with Gasteiger partial charge in [0.1, 0.15) is 5.92 Å². The largest absolute Gasteiger partial charge is 0.481 e. The van der Waals surface area contributed by atoms with E-state index in [0.717, 1.165) is 11.1 Å². The van der Waals surface area contributed by atoms with Gasteiger partial charge >= 0.3 is 5.97 Å². The average Bonchev–Trinajstić information content (AvgIpc) is 3.24. The molecule has 2 heterocycles. The predicted molar refractivity (Wildman–Crippen MR) is 92.9 cm³/mol. The number of hydrogen-bond donors (Lipinski definition) is 2. The molecular weight excluding hydrogens is 318 g/mol. The van der Waals surface area contributed by atoms with Crippen LogP contribution < -0.4 is 5.32 Å². The average molecular weight is 335 g/mol. The minimum Gasteiger partial charge on any atom is -0.481 e. The second kappa shape index (κ2) is 6.18. The second-order valence-corrected chi connectivity index (χ2v) is 6.24. The quantitative estimate of drug-likeness (QED) is 0.843. The van der Waals surface area contributed by atoms with Crippen LogP contribution in [0.3, 0.4) is 0 Å². The highest BCUT2D eigenvalue weighted by Crippen LogP contribution is 2.40. The highest BCUT2D eigenvalue weighted by molar-refractivity contribution is 5.99. The van der Waals surface area contributed by atoms with Crippen molar-refractivity contribution in [2.75, 3.05) is 5.32 Å². The summed E-state index contributed by atoms with van der Waals surface area (Å²) in [6.45, 7) is 0. The van der Waals surface area contributed by atoms with Crippen LogP contribution in [-0.2, 0) is 14.3 Å². The van der Waals surface area contributed by atoms with Gasteiger partial charge in [0.25, 0.3) is 0 Å². The second-order valence-electron chi connectivity index (χ2n) is 6.24. The number of nitrogens with one attached hydrogen (secondary N) is 1. The van der Waals surface area contributed by atoms with Crippen molar-refractivity contribution >= 4 is 17.6 Å². The topological polar surface area (TPSA) is 75.6 Å². The lowest BCUT2D eigenvalue weighted by Gasteiger charge is -2.21. The summed E-state index contributed by atoms with van der Waals surface area (Å²) in [6.07, 6.45) is 2.50. The first-order valence-electron chi connectivity index (χ1n) is 8.17. The van der Waals surface area contributed by atoms with Crippen LogP contribution in [0.4, 0.5) is 5.69 Å². The van der Waals surface area contributed by atoms with Crippen molar-refractivity contribution in [2.45, 2.75) is 12.2 Å². The van der Waals surface area contributed by atoms with E-state index in [2.05, 4.69) is 5.32 Å². The van der Waals surface area contributed by atoms with E-state index in [-0.39, 0.29) is 5.91 Å². The van der Waals surface area contributed by atoms with Gasteiger partial charge in [-0.3, -0.25) is 9.59 Å². The molecular formula is C20H17NO4. The molecule has 0 radical (unpaired) electrons. The molecule has 0 unspecified atom stereocenters. The van der Waals surface area contributed by atoms with Crippen LogP contribution in [0.25, 0.3) is 11.1 Å². The van der Waals surface area contributed by atoms with Crippen LogP contribution in [0.1, 0.15) is 0 Å². The van der Waals surface area contributed by atoms with Crippen molar-refractivity contribution in [3.8, 4) is 11.1 Å². The Morgan fingerprint density at radius 2 is 1.52 bits per heavy atom. The Hall–Kier alpha value is -2.92. The Bertz CT molecular complexity index is 846. The maximum absolute atomic E-state index is 12.8. The molecule has 2 aliphatic rings. The molecule has 2 aliphatic heterocycles. The van der Waals surface area contributed by atoms with Gasteiger partial charge in [0.2, 0.25) is 5.91 Å². The van der Waals surface area contributed by atoms with Gasteiger partial charge in [-0.2, -0.15) is 0 Å². The van der Waals surface area contributed by atoms with Crippen LogP contribution in [0.2, 0.25) is 0 Å². The van der Waals surface area contributed by atoms with E-state index in [1.807, 2.05) is 54.6 Å². The predicted octanol–water partition coefficient (Wildman–Crippen LogP) is 2.95. The summed E-state index contributed by atoms with van der Waals surface area (Å²) in [6, 6.07) is 17.2. The number of carbonyl (C=O) groups excluding carboxylic acids is 1. The van der Waals surface area contributed by atoms with Gasteiger partial charge < -0.3 is 15.2 Å². The van der Waals surface area contributed by atoms with Gasteiger partial charge in [0, 0.05) is 11.3 Å². The van der Waals surface area contributed by atoms with E-state index >= 15 is 0 Å². The standard InChI is InChI=1S/C20H17NO4/c22-19(17-15-10-11-16(25-15)18(17)20(23)24)21-14-9-5-4-8-13(14)12-6-2-1-3-7-12/h1-11,15-18H,(H,21,22)(H,23,24)/t15-,16-,17+,18-/m1/s1. The van der Waals surface area contributed by atoms with Gasteiger partial charge in [0.15, 0.2) is 0 Å². The zero-order valence-corrected chi connectivity index (χ0v) is 13.3. The number of rotatable bonds is 4. The number of aliphatic carboxylic acids is 1. The SMILES string of the molecule is O=C(Nc1ccccc1-c1ccccc1)[C@@H]1[C@H](C(=O)O)[C@H]2C=C[C@H]1O2. The fourth-order valence-electron chi connectivity index (χ4n) is 3.59. The van der Waals surface area contributed by atoms with E-state index in [0.29, 0.717) is 5.69 Å². The highest BCUT2D eigenvalue weighted by atomic mass is 16.5. The minimum absolute atomic E-state index is 0.326. The normalized spacial score (nSPS) is 26.6. The van der Waals surface area contributed by atoms with Crippen molar-refractivity contribution in [2.24, 2.45) is 11.8 Å². The number of fused-ring (bicyclic) bond motifs is 2. The molecule has 5 heteroatoms. The molecule has 5 nitrogen and oxygen atoms in total. The number of anilines is 1. The van der Waals surface area contributed by atoms with Crippen molar-refractivity contribution in [1.82, 2.24) is 0 Å². The summed E-state index contributed by atoms with van der Waals surface area (Å²) >= 11 is 0. The lowest BCUT2D eigenvalue weighted by atomic mass is 9.82. The van der Waals surface area contributed by atoms with Crippen molar-refractivity contribution < 1.29 is 19.4 Å². The smallest absolute Gasteiger partial charge is 0.310 e. The summed E-state index contributed by atoms with van der Waals surface area (Å²) in [5, 5.41) is 12.4. The summed E-state index contributed by atoms with van der Waals surface area (Å²) in [7, 11) is 0. The molecule has 2 aromatic rings. The van der Waals surface area contributed by atoms with Crippen molar-refractivity contribution in [1.29, 1.82) is 0 Å². The molecule has 4 atom stereocenters. The third-order valence-electron chi connectivity index (χ3n) is 4.76. The third-order valence-corrected chi connectivity index (χ3v) is 4.76. The maximum atomic E-state index is 12.8. The molecule has 2 N–H and O–H groups in total. The number of benzene rings is 2. The first kappa shape index (κ1) is 15.6. The zero-order valence-electron chi connectivity index (χ0n) is 13.3. The number of hydrogen-bond acceptors (Lipinski definition) is 3. The summed E-state index contributed by atoms with van der Waals surface area (Å²) in [4.78, 5) is 24.4. The Morgan fingerprint density at radius 1 is 0.880 bits per heavy atom. The lowest BCUT2D eigenvalue weighted by Crippen LogP contribution is -2.39. The fourth-order valence-corrected chi connectivity index (χ4v) is 3.59. The molecule has 4 rings (SSSR count). The van der Waals surface area contributed by atoms with Crippen LogP contribution in [0, 0.1) is 11.8 Å². The van der Waals surface area contributed by atoms with E-state index in [4.69, 9.17) is 4.74 Å². The van der Waals surface area contributed by atoms with Crippen LogP contribution in [0.5, 0.6) is 0 Å². The number of ether oxygens (including phenoxy) is 1. The van der Waals surface area contributed by atoms with Crippen molar-refractivity contribution in [3.05, 3.63) is 66.7 Å². The zero-order chi connectivity index (χ0) is 17.4. The molecule has 0 spiro atoms. The highest BCUT2D eigenvalue weighted by Gasteiger charge is 2.53. The van der Waals surface area contributed by atoms with Gasteiger partial charge in [-0.1, -0.05) is 60.7 Å². The molecule has 0 saturated carbocycles. The summed E-state index contributed by atoms with van der Waals surface area (Å²) in [5.74, 6) is -2.91. The summed E-state index contributed by atoms with van der Waals surface area (Å²) in [5.41, 5.74) is 2.54. The maximum Gasteiger partial charge on any atom is 0.310 e.